The molecule has 1 aliphatic heterocycles. The molecular weight excluding hydrogens is 310 g/mol. The predicted molar refractivity (Wildman–Crippen MR) is 87.5 cm³/mol. The summed E-state index contributed by atoms with van der Waals surface area (Å²) in [6.07, 6.45) is 2.93. The number of rotatable bonds is 6. The number of hydrogen-bond donors (Lipinski definition) is 1. The minimum Gasteiger partial charge on any atom is -0.447 e. The first kappa shape index (κ1) is 16.2. The van der Waals surface area contributed by atoms with E-state index in [-0.39, 0.29) is 18.1 Å². The van der Waals surface area contributed by atoms with E-state index in [4.69, 9.17) is 4.74 Å². The molecule has 2 aromatic rings. The standard InChI is InChI=1S/C15H21N7O2/c1-4-21-9-18-20-13(21)7-17-14-16-6-5-12(19-14)22-11(10(2)3)8-24-15(22)23/h5-6,9-11H,4,7-8H2,1-3H3,(H,16,17,19). The Balaban J connectivity index is 1.75. The number of aromatic nitrogens is 5. The third kappa shape index (κ3) is 3.15. The number of nitrogens with one attached hydrogen (secondary N) is 1. The minimum atomic E-state index is -0.371. The maximum Gasteiger partial charge on any atom is 0.415 e. The molecule has 0 aliphatic carbocycles. The quantitative estimate of drug-likeness (QED) is 0.860. The van der Waals surface area contributed by atoms with Crippen molar-refractivity contribution in [3.05, 3.63) is 24.4 Å². The van der Waals surface area contributed by atoms with Gasteiger partial charge in [-0.3, -0.25) is 4.90 Å². The molecule has 128 valence electrons. The van der Waals surface area contributed by atoms with E-state index in [9.17, 15) is 4.79 Å². The van der Waals surface area contributed by atoms with Crippen LogP contribution in [0.2, 0.25) is 0 Å². The Bertz CT molecular complexity index is 715. The highest BCUT2D eigenvalue weighted by molar-refractivity contribution is 5.89. The van der Waals surface area contributed by atoms with E-state index in [2.05, 4.69) is 39.3 Å². The van der Waals surface area contributed by atoms with Crippen LogP contribution in [0, 0.1) is 5.92 Å². The normalized spacial score (nSPS) is 17.4. The molecule has 1 amide bonds. The smallest absolute Gasteiger partial charge is 0.415 e. The average molecular weight is 331 g/mol. The van der Waals surface area contributed by atoms with Crippen LogP contribution in [0.25, 0.3) is 0 Å². The Labute approximate surface area is 140 Å². The number of hydrogen-bond acceptors (Lipinski definition) is 7. The van der Waals surface area contributed by atoms with Crippen molar-refractivity contribution in [1.29, 1.82) is 0 Å². The van der Waals surface area contributed by atoms with Gasteiger partial charge in [0.05, 0.1) is 12.6 Å². The lowest BCUT2D eigenvalue weighted by molar-refractivity contribution is 0.177. The molecule has 3 rings (SSSR count). The fourth-order valence-electron chi connectivity index (χ4n) is 2.60. The zero-order valence-electron chi connectivity index (χ0n) is 14.0. The van der Waals surface area contributed by atoms with Crippen LogP contribution in [-0.2, 0) is 17.8 Å². The van der Waals surface area contributed by atoms with E-state index in [1.54, 1.807) is 23.5 Å². The Morgan fingerprint density at radius 2 is 2.29 bits per heavy atom. The summed E-state index contributed by atoms with van der Waals surface area (Å²) in [6, 6.07) is 1.69. The van der Waals surface area contributed by atoms with Gasteiger partial charge in [-0.25, -0.2) is 9.78 Å². The Morgan fingerprint density at radius 3 is 3.04 bits per heavy atom. The van der Waals surface area contributed by atoms with Gasteiger partial charge in [0, 0.05) is 12.7 Å². The zero-order valence-corrected chi connectivity index (χ0v) is 14.0. The molecule has 2 aromatic heterocycles. The van der Waals surface area contributed by atoms with Crippen LogP contribution in [-0.4, -0.2) is 43.5 Å². The van der Waals surface area contributed by atoms with E-state index in [1.165, 1.54) is 0 Å². The highest BCUT2D eigenvalue weighted by atomic mass is 16.6. The number of anilines is 2. The van der Waals surface area contributed by atoms with Gasteiger partial charge >= 0.3 is 6.09 Å². The summed E-state index contributed by atoms with van der Waals surface area (Å²) in [4.78, 5) is 22.3. The maximum atomic E-state index is 12.0. The number of nitrogens with zero attached hydrogens (tertiary/aromatic N) is 6. The first-order valence-electron chi connectivity index (χ1n) is 7.99. The number of carbonyl (C=O) groups excluding carboxylic acids is 1. The Kier molecular flexibility index (Phi) is 4.59. The van der Waals surface area contributed by atoms with Crippen molar-refractivity contribution in [2.45, 2.75) is 39.9 Å². The molecule has 1 atom stereocenters. The van der Waals surface area contributed by atoms with Crippen molar-refractivity contribution in [2.24, 2.45) is 5.92 Å². The van der Waals surface area contributed by atoms with Crippen LogP contribution in [0.15, 0.2) is 18.6 Å². The van der Waals surface area contributed by atoms with Crippen LogP contribution in [0.4, 0.5) is 16.6 Å². The second-order valence-corrected chi connectivity index (χ2v) is 5.88. The van der Waals surface area contributed by atoms with Crippen LogP contribution >= 0.6 is 0 Å². The van der Waals surface area contributed by atoms with Gasteiger partial charge in [-0.15, -0.1) is 10.2 Å². The predicted octanol–water partition coefficient (Wildman–Crippen LogP) is 1.68. The largest absolute Gasteiger partial charge is 0.447 e. The molecule has 0 aromatic carbocycles. The topological polar surface area (TPSA) is 98.1 Å². The molecule has 1 aliphatic rings. The molecule has 24 heavy (non-hydrogen) atoms. The highest BCUT2D eigenvalue weighted by Gasteiger charge is 2.37. The van der Waals surface area contributed by atoms with Crippen molar-refractivity contribution in [1.82, 2.24) is 24.7 Å². The van der Waals surface area contributed by atoms with E-state index >= 15 is 0 Å². The molecule has 9 heteroatoms. The summed E-state index contributed by atoms with van der Waals surface area (Å²) in [5.41, 5.74) is 0. The third-order valence-corrected chi connectivity index (χ3v) is 4.00. The average Bonchev–Trinajstić information content (AvgIpc) is 3.19. The summed E-state index contributed by atoms with van der Waals surface area (Å²) in [5, 5.41) is 11.1. The van der Waals surface area contributed by atoms with Gasteiger partial charge in [0.2, 0.25) is 5.95 Å². The number of amides is 1. The molecule has 0 radical (unpaired) electrons. The van der Waals surface area contributed by atoms with Crippen molar-refractivity contribution in [3.63, 3.8) is 0 Å². The van der Waals surface area contributed by atoms with Crippen molar-refractivity contribution in [2.75, 3.05) is 16.8 Å². The van der Waals surface area contributed by atoms with E-state index in [0.717, 1.165) is 12.4 Å². The molecule has 9 nitrogen and oxygen atoms in total. The lowest BCUT2D eigenvalue weighted by Crippen LogP contribution is -2.37. The molecule has 3 heterocycles. The summed E-state index contributed by atoms with van der Waals surface area (Å²) in [7, 11) is 0. The second kappa shape index (κ2) is 6.81. The SMILES string of the molecule is CCn1cnnc1CNc1nccc(N2C(=O)OCC2C(C)C)n1. The lowest BCUT2D eigenvalue weighted by Gasteiger charge is -2.23. The molecule has 1 fully saturated rings. The first-order valence-corrected chi connectivity index (χ1v) is 7.99. The molecule has 0 bridgehead atoms. The van der Waals surface area contributed by atoms with Gasteiger partial charge in [0.25, 0.3) is 0 Å². The third-order valence-electron chi connectivity index (χ3n) is 4.00. The van der Waals surface area contributed by atoms with Gasteiger partial charge in [-0.1, -0.05) is 13.8 Å². The Hall–Kier alpha value is -2.71. The lowest BCUT2D eigenvalue weighted by atomic mass is 10.0. The van der Waals surface area contributed by atoms with E-state index in [0.29, 0.717) is 24.9 Å². The summed E-state index contributed by atoms with van der Waals surface area (Å²) < 4.78 is 7.10. The molecule has 0 spiro atoms. The molecule has 0 saturated carbocycles. The van der Waals surface area contributed by atoms with Crippen LogP contribution in [0.1, 0.15) is 26.6 Å². The summed E-state index contributed by atoms with van der Waals surface area (Å²) >= 11 is 0. The van der Waals surface area contributed by atoms with Crippen molar-refractivity contribution >= 4 is 17.9 Å². The number of cyclic esters (lactones) is 1. The van der Waals surface area contributed by atoms with Crippen molar-refractivity contribution in [3.8, 4) is 0 Å². The number of aryl methyl sites for hydroxylation is 1. The monoisotopic (exact) mass is 331 g/mol. The summed E-state index contributed by atoms with van der Waals surface area (Å²) in [6.45, 7) is 7.75. The van der Waals surface area contributed by atoms with E-state index in [1.807, 2.05) is 11.5 Å². The molecule has 1 N–H and O–H groups in total. The molecular formula is C15H21N7O2. The first-order chi connectivity index (χ1) is 11.6. The molecule has 1 saturated heterocycles. The zero-order chi connectivity index (χ0) is 17.1. The van der Waals surface area contributed by atoms with Gasteiger partial charge in [-0.05, 0) is 18.9 Å². The van der Waals surface area contributed by atoms with Crippen molar-refractivity contribution < 1.29 is 9.53 Å². The van der Waals surface area contributed by atoms with Gasteiger partial charge in [-0.2, -0.15) is 4.98 Å². The fraction of sp³-hybridized carbons (Fsp3) is 0.533. The fourth-order valence-corrected chi connectivity index (χ4v) is 2.60. The van der Waals surface area contributed by atoms with Crippen LogP contribution < -0.4 is 10.2 Å². The van der Waals surface area contributed by atoms with Gasteiger partial charge in [0.1, 0.15) is 18.8 Å². The molecule has 1 unspecified atom stereocenters. The highest BCUT2D eigenvalue weighted by Crippen LogP contribution is 2.25. The van der Waals surface area contributed by atoms with Crippen LogP contribution in [0.3, 0.4) is 0 Å². The van der Waals surface area contributed by atoms with E-state index < -0.39 is 0 Å². The van der Waals surface area contributed by atoms with Gasteiger partial charge in [0.15, 0.2) is 5.82 Å². The Morgan fingerprint density at radius 1 is 1.46 bits per heavy atom. The minimum absolute atomic E-state index is 0.0246. The number of carbonyl (C=O) groups is 1. The second-order valence-electron chi connectivity index (χ2n) is 5.88. The summed E-state index contributed by atoms with van der Waals surface area (Å²) in [5.74, 6) is 2.03. The number of ether oxygens (including phenoxy) is 1. The maximum absolute atomic E-state index is 12.0. The van der Waals surface area contributed by atoms with Crippen LogP contribution in [0.5, 0.6) is 0 Å². The van der Waals surface area contributed by atoms with Gasteiger partial charge < -0.3 is 14.6 Å².